The Morgan fingerprint density at radius 1 is 1.05 bits per heavy atom. The molecule has 1 heteroatoms. The van der Waals surface area contributed by atoms with Crippen molar-refractivity contribution in [3.05, 3.63) is 35.4 Å². The van der Waals surface area contributed by atoms with Crippen LogP contribution in [-0.4, -0.2) is 6.04 Å². The van der Waals surface area contributed by atoms with Gasteiger partial charge in [0.05, 0.1) is 0 Å². The van der Waals surface area contributed by atoms with Crippen molar-refractivity contribution >= 4 is 0 Å². The Kier molecular flexibility index (Phi) is 3.79. The van der Waals surface area contributed by atoms with Crippen LogP contribution in [0.5, 0.6) is 0 Å². The lowest BCUT2D eigenvalue weighted by atomic mass is 9.77. The normalized spacial score (nSPS) is 35.7. The molecule has 2 saturated carbocycles. The van der Waals surface area contributed by atoms with E-state index in [4.69, 9.17) is 5.73 Å². The maximum absolute atomic E-state index is 6.57. The van der Waals surface area contributed by atoms with Crippen molar-refractivity contribution in [3.8, 4) is 0 Å². The summed E-state index contributed by atoms with van der Waals surface area (Å²) in [6.07, 6.45) is 12.5. The molecule has 114 valence electrons. The zero-order valence-electron chi connectivity index (χ0n) is 13.1. The fourth-order valence-electron chi connectivity index (χ4n) is 5.62. The molecular weight excluding hydrogens is 254 g/mol. The van der Waals surface area contributed by atoms with Crippen molar-refractivity contribution in [3.63, 3.8) is 0 Å². The number of nitrogens with two attached hydrogens (primary N) is 1. The maximum Gasteiger partial charge on any atom is 0.00473 e. The van der Waals surface area contributed by atoms with Gasteiger partial charge in [-0.2, -0.15) is 0 Å². The molecule has 3 aliphatic carbocycles. The fraction of sp³-hybridized carbons (Fsp3) is 0.700. The molecule has 5 atom stereocenters. The van der Waals surface area contributed by atoms with Crippen molar-refractivity contribution < 1.29 is 0 Å². The molecule has 4 rings (SSSR count). The summed E-state index contributed by atoms with van der Waals surface area (Å²) < 4.78 is 0. The van der Waals surface area contributed by atoms with Gasteiger partial charge in [0.25, 0.3) is 0 Å². The van der Waals surface area contributed by atoms with Crippen LogP contribution in [0.2, 0.25) is 0 Å². The quantitative estimate of drug-likeness (QED) is 0.855. The number of hydrogen-bond acceptors (Lipinski definition) is 1. The van der Waals surface area contributed by atoms with Crippen LogP contribution in [-0.2, 0) is 6.42 Å². The second kappa shape index (κ2) is 5.76. The van der Waals surface area contributed by atoms with Gasteiger partial charge in [0.2, 0.25) is 0 Å². The third kappa shape index (κ3) is 2.77. The first-order chi connectivity index (χ1) is 10.3. The molecular formula is C20H29N. The van der Waals surface area contributed by atoms with Gasteiger partial charge in [0.1, 0.15) is 0 Å². The molecule has 0 saturated heterocycles. The van der Waals surface area contributed by atoms with Gasteiger partial charge in [-0.1, -0.05) is 30.7 Å². The van der Waals surface area contributed by atoms with E-state index in [1.807, 2.05) is 0 Å². The van der Waals surface area contributed by atoms with Crippen molar-refractivity contribution in [1.82, 2.24) is 0 Å². The zero-order chi connectivity index (χ0) is 14.2. The van der Waals surface area contributed by atoms with Crippen LogP contribution in [0.25, 0.3) is 0 Å². The second-order valence-electron chi connectivity index (χ2n) is 7.95. The number of benzene rings is 1. The Bertz CT molecular complexity index is 494. The molecule has 0 aromatic heterocycles. The summed E-state index contributed by atoms with van der Waals surface area (Å²) in [5.41, 5.74) is 9.76. The summed E-state index contributed by atoms with van der Waals surface area (Å²) in [6, 6.07) is 9.49. The van der Waals surface area contributed by atoms with Crippen LogP contribution in [0.15, 0.2) is 24.3 Å². The highest BCUT2D eigenvalue weighted by molar-refractivity contribution is 5.32. The van der Waals surface area contributed by atoms with Crippen LogP contribution >= 0.6 is 0 Å². The van der Waals surface area contributed by atoms with Crippen molar-refractivity contribution in [2.45, 2.75) is 69.7 Å². The first kappa shape index (κ1) is 13.8. The van der Waals surface area contributed by atoms with Gasteiger partial charge in [-0.15, -0.1) is 0 Å². The van der Waals surface area contributed by atoms with Crippen LogP contribution in [0.1, 0.15) is 68.4 Å². The molecule has 2 fully saturated rings. The third-order valence-corrected chi connectivity index (χ3v) is 6.57. The van der Waals surface area contributed by atoms with Gasteiger partial charge < -0.3 is 5.73 Å². The number of rotatable bonds is 4. The standard InChI is InChI=1S/C20H29N/c21-19(13-18-11-14-8-9-16(18)10-14)12-17-6-3-5-15-4-1-2-7-20(15)17/h1-2,4,7,14,16-19H,3,5-6,8-13,21H2. The second-order valence-corrected chi connectivity index (χ2v) is 7.95. The van der Waals surface area contributed by atoms with Gasteiger partial charge in [-0.3, -0.25) is 0 Å². The van der Waals surface area contributed by atoms with Gasteiger partial charge in [0, 0.05) is 6.04 Å². The lowest BCUT2D eigenvalue weighted by Crippen LogP contribution is -2.29. The number of aryl methyl sites for hydroxylation is 1. The van der Waals surface area contributed by atoms with E-state index < -0.39 is 0 Å². The van der Waals surface area contributed by atoms with Crippen molar-refractivity contribution in [2.75, 3.05) is 0 Å². The van der Waals surface area contributed by atoms with Crippen LogP contribution in [0.4, 0.5) is 0 Å². The fourth-order valence-corrected chi connectivity index (χ4v) is 5.62. The Labute approximate surface area is 129 Å². The first-order valence-electron chi connectivity index (χ1n) is 9.13. The summed E-state index contributed by atoms with van der Waals surface area (Å²) in [5, 5.41) is 0. The molecule has 2 bridgehead atoms. The Balaban J connectivity index is 1.38. The highest BCUT2D eigenvalue weighted by atomic mass is 14.6. The molecule has 0 radical (unpaired) electrons. The van der Waals surface area contributed by atoms with Gasteiger partial charge >= 0.3 is 0 Å². The summed E-state index contributed by atoms with van der Waals surface area (Å²) in [6.45, 7) is 0. The molecule has 21 heavy (non-hydrogen) atoms. The van der Waals surface area contributed by atoms with E-state index in [1.165, 1.54) is 57.8 Å². The number of hydrogen-bond donors (Lipinski definition) is 1. The van der Waals surface area contributed by atoms with Gasteiger partial charge in [0.15, 0.2) is 0 Å². The smallest absolute Gasteiger partial charge is 0.00473 e. The molecule has 0 heterocycles. The van der Waals surface area contributed by atoms with Gasteiger partial charge in [-0.05, 0) is 86.2 Å². The highest BCUT2D eigenvalue weighted by Crippen LogP contribution is 2.50. The average molecular weight is 283 g/mol. The largest absolute Gasteiger partial charge is 0.328 e. The lowest BCUT2D eigenvalue weighted by Gasteiger charge is -2.30. The lowest BCUT2D eigenvalue weighted by molar-refractivity contribution is 0.283. The van der Waals surface area contributed by atoms with E-state index in [2.05, 4.69) is 24.3 Å². The van der Waals surface area contributed by atoms with Crippen molar-refractivity contribution in [2.24, 2.45) is 23.5 Å². The van der Waals surface area contributed by atoms with Crippen LogP contribution in [0, 0.1) is 17.8 Å². The maximum atomic E-state index is 6.57. The summed E-state index contributed by atoms with van der Waals surface area (Å²) in [4.78, 5) is 0. The molecule has 0 amide bonds. The van der Waals surface area contributed by atoms with Crippen LogP contribution < -0.4 is 5.73 Å². The Morgan fingerprint density at radius 3 is 2.76 bits per heavy atom. The summed E-state index contributed by atoms with van der Waals surface area (Å²) in [5.74, 6) is 3.77. The number of fused-ring (bicyclic) bond motifs is 3. The predicted molar refractivity (Wildman–Crippen MR) is 88.3 cm³/mol. The topological polar surface area (TPSA) is 26.0 Å². The average Bonchev–Trinajstić information content (AvgIpc) is 3.10. The third-order valence-electron chi connectivity index (χ3n) is 6.57. The first-order valence-corrected chi connectivity index (χ1v) is 9.13. The molecule has 2 N–H and O–H groups in total. The van der Waals surface area contributed by atoms with Crippen molar-refractivity contribution in [1.29, 1.82) is 0 Å². The predicted octanol–water partition coefficient (Wildman–Crippen LogP) is 4.65. The van der Waals surface area contributed by atoms with E-state index in [0.29, 0.717) is 6.04 Å². The molecule has 1 aromatic rings. The van der Waals surface area contributed by atoms with Crippen LogP contribution in [0.3, 0.4) is 0 Å². The van der Waals surface area contributed by atoms with E-state index >= 15 is 0 Å². The Hall–Kier alpha value is -0.820. The highest BCUT2D eigenvalue weighted by Gasteiger charge is 2.40. The molecule has 1 nitrogen and oxygen atoms in total. The minimum atomic E-state index is 0.422. The SMILES string of the molecule is NC(CC1CCCc2ccccc21)CC1CC2CCC1C2. The minimum absolute atomic E-state index is 0.422. The Morgan fingerprint density at radius 2 is 1.95 bits per heavy atom. The molecule has 0 spiro atoms. The monoisotopic (exact) mass is 283 g/mol. The van der Waals surface area contributed by atoms with E-state index in [0.717, 1.165) is 23.7 Å². The van der Waals surface area contributed by atoms with E-state index in [1.54, 1.807) is 11.1 Å². The van der Waals surface area contributed by atoms with E-state index in [-0.39, 0.29) is 0 Å². The molecule has 1 aromatic carbocycles. The van der Waals surface area contributed by atoms with E-state index in [9.17, 15) is 0 Å². The molecule has 0 aliphatic heterocycles. The summed E-state index contributed by atoms with van der Waals surface area (Å²) in [7, 11) is 0. The summed E-state index contributed by atoms with van der Waals surface area (Å²) >= 11 is 0. The minimum Gasteiger partial charge on any atom is -0.328 e. The molecule has 3 aliphatic rings. The molecule has 5 unspecified atom stereocenters. The zero-order valence-corrected chi connectivity index (χ0v) is 13.1. The van der Waals surface area contributed by atoms with Gasteiger partial charge in [-0.25, -0.2) is 0 Å².